The van der Waals surface area contributed by atoms with Crippen molar-refractivity contribution in [2.24, 2.45) is 5.92 Å². The molecule has 1 heterocycles. The van der Waals surface area contributed by atoms with Crippen LogP contribution in [0.2, 0.25) is 0 Å². The molecule has 9 heteroatoms. The maximum Gasteiger partial charge on any atom is 0.202 e. The normalized spacial score (nSPS) is 25.1. The number of aromatic hydroxyl groups is 2. The minimum absolute atomic E-state index is 0.0122. The van der Waals surface area contributed by atoms with E-state index in [0.29, 0.717) is 6.42 Å². The Balaban J connectivity index is 1.68. The molecule has 3 aliphatic rings. The average Bonchev–Trinajstić information content (AvgIpc) is 2.87. The van der Waals surface area contributed by atoms with Crippen molar-refractivity contribution in [1.82, 2.24) is 0 Å². The fourth-order valence-corrected chi connectivity index (χ4v) is 5.63. The number of phenols is 2. The Kier molecular flexibility index (Phi) is 6.32. The Morgan fingerprint density at radius 2 is 1.83 bits per heavy atom. The SMILES string of the molecule is COc1cccc2c1C(=O)c1c(O)c3c(c(O)c1C2=O)CC(C(=O)CO)C[C@@H]3O[C@H]1CCC[C@H](C)O1. The highest BCUT2D eigenvalue weighted by atomic mass is 16.7. The van der Waals surface area contributed by atoms with Crippen molar-refractivity contribution in [2.45, 2.75) is 57.5 Å². The molecule has 0 saturated carbocycles. The molecule has 190 valence electrons. The van der Waals surface area contributed by atoms with Gasteiger partial charge in [0.2, 0.25) is 5.78 Å². The van der Waals surface area contributed by atoms with E-state index in [4.69, 9.17) is 14.2 Å². The second-order valence-electron chi connectivity index (χ2n) is 9.57. The number of carbonyl (C=O) groups is 3. The van der Waals surface area contributed by atoms with Crippen LogP contribution in [0.1, 0.15) is 81.7 Å². The van der Waals surface area contributed by atoms with Crippen LogP contribution in [0, 0.1) is 5.92 Å². The zero-order chi connectivity index (χ0) is 25.7. The first-order valence-electron chi connectivity index (χ1n) is 12.1. The number of phenolic OH excluding ortho intramolecular Hbond substituents is 2. The molecule has 1 saturated heterocycles. The van der Waals surface area contributed by atoms with Gasteiger partial charge in [0.1, 0.15) is 23.9 Å². The van der Waals surface area contributed by atoms with Crippen LogP contribution in [0.5, 0.6) is 17.2 Å². The van der Waals surface area contributed by atoms with Crippen molar-refractivity contribution in [3.05, 3.63) is 51.6 Å². The molecule has 0 aromatic heterocycles. The lowest BCUT2D eigenvalue weighted by molar-refractivity contribution is -0.216. The van der Waals surface area contributed by atoms with Crippen LogP contribution >= 0.6 is 0 Å². The second kappa shape index (κ2) is 9.31. The maximum atomic E-state index is 13.6. The standard InChI is InChI=1S/C27H28O9/c1-12-5-3-8-19(35-12)36-18-10-13(16(29)11-28)9-15-21(18)27(33)23-22(25(15)31)24(30)14-6-4-7-17(34-2)20(14)26(23)32/h4,6-7,12-13,18-19,28,31,33H,3,5,8-11H2,1-2H3/t12-,13?,18-,19-/m0/s1. The zero-order valence-electron chi connectivity index (χ0n) is 20.1. The smallest absolute Gasteiger partial charge is 0.202 e. The zero-order valence-corrected chi connectivity index (χ0v) is 20.1. The molecule has 0 bridgehead atoms. The van der Waals surface area contributed by atoms with Gasteiger partial charge in [-0.05, 0) is 45.1 Å². The number of hydrogen-bond acceptors (Lipinski definition) is 9. The third kappa shape index (κ3) is 3.78. The molecular weight excluding hydrogens is 468 g/mol. The van der Waals surface area contributed by atoms with E-state index in [1.54, 1.807) is 12.1 Å². The van der Waals surface area contributed by atoms with E-state index in [1.807, 2.05) is 6.92 Å². The summed E-state index contributed by atoms with van der Waals surface area (Å²) in [5.41, 5.74) is -0.238. The number of rotatable bonds is 5. The van der Waals surface area contributed by atoms with Crippen LogP contribution in [0.4, 0.5) is 0 Å². The van der Waals surface area contributed by atoms with Crippen molar-refractivity contribution < 1.29 is 43.9 Å². The Labute approximate surface area is 207 Å². The Morgan fingerprint density at radius 1 is 1.08 bits per heavy atom. The summed E-state index contributed by atoms with van der Waals surface area (Å²) in [5.74, 6) is -3.18. The number of methoxy groups -OCH3 is 1. The maximum absolute atomic E-state index is 13.6. The number of ketones is 3. The summed E-state index contributed by atoms with van der Waals surface area (Å²) in [5, 5.41) is 32.2. The molecule has 2 aliphatic carbocycles. The molecule has 4 atom stereocenters. The summed E-state index contributed by atoms with van der Waals surface area (Å²) in [6.45, 7) is 1.24. The van der Waals surface area contributed by atoms with Crippen molar-refractivity contribution in [1.29, 1.82) is 0 Å². The van der Waals surface area contributed by atoms with Gasteiger partial charge < -0.3 is 29.5 Å². The highest BCUT2D eigenvalue weighted by Crippen LogP contribution is 2.51. The fraction of sp³-hybridized carbons (Fsp3) is 0.444. The highest BCUT2D eigenvalue weighted by Gasteiger charge is 2.44. The average molecular weight is 497 g/mol. The van der Waals surface area contributed by atoms with Gasteiger partial charge in [0.15, 0.2) is 17.9 Å². The van der Waals surface area contributed by atoms with Crippen molar-refractivity contribution in [2.75, 3.05) is 13.7 Å². The predicted molar refractivity (Wildman–Crippen MR) is 126 cm³/mol. The third-order valence-electron chi connectivity index (χ3n) is 7.39. The number of fused-ring (bicyclic) bond motifs is 3. The largest absolute Gasteiger partial charge is 0.507 e. The molecule has 0 radical (unpaired) electrons. The Hall–Kier alpha value is -3.27. The summed E-state index contributed by atoms with van der Waals surface area (Å²) < 4.78 is 17.4. The van der Waals surface area contributed by atoms with E-state index in [-0.39, 0.29) is 58.1 Å². The van der Waals surface area contributed by atoms with Gasteiger partial charge >= 0.3 is 0 Å². The van der Waals surface area contributed by atoms with Crippen LogP contribution < -0.4 is 4.74 Å². The predicted octanol–water partition coefficient (Wildman–Crippen LogP) is 2.98. The number of aliphatic hydroxyl groups excluding tert-OH is 1. The van der Waals surface area contributed by atoms with E-state index in [0.717, 1.165) is 12.8 Å². The molecule has 1 fully saturated rings. The van der Waals surface area contributed by atoms with Gasteiger partial charge in [-0.25, -0.2) is 0 Å². The first-order valence-corrected chi connectivity index (χ1v) is 12.1. The fourth-order valence-electron chi connectivity index (χ4n) is 5.63. The van der Waals surface area contributed by atoms with Gasteiger partial charge in [-0.3, -0.25) is 14.4 Å². The van der Waals surface area contributed by atoms with Crippen molar-refractivity contribution >= 4 is 17.3 Å². The van der Waals surface area contributed by atoms with Crippen LogP contribution in [-0.2, 0) is 20.7 Å². The second-order valence-corrected chi connectivity index (χ2v) is 9.57. The van der Waals surface area contributed by atoms with Gasteiger partial charge in [-0.15, -0.1) is 0 Å². The van der Waals surface area contributed by atoms with Crippen molar-refractivity contribution in [3.8, 4) is 17.2 Å². The first kappa shape index (κ1) is 24.4. The van der Waals surface area contributed by atoms with Crippen molar-refractivity contribution in [3.63, 3.8) is 0 Å². The number of hydrogen-bond donors (Lipinski definition) is 3. The molecule has 1 aliphatic heterocycles. The van der Waals surface area contributed by atoms with E-state index in [9.17, 15) is 29.7 Å². The number of ether oxygens (including phenoxy) is 3. The van der Waals surface area contributed by atoms with Gasteiger partial charge in [-0.1, -0.05) is 12.1 Å². The van der Waals surface area contributed by atoms with Gasteiger partial charge in [0, 0.05) is 22.6 Å². The van der Waals surface area contributed by atoms with Crippen LogP contribution in [0.15, 0.2) is 18.2 Å². The quantitative estimate of drug-likeness (QED) is 0.455. The summed E-state index contributed by atoms with van der Waals surface area (Å²) in [7, 11) is 1.38. The highest BCUT2D eigenvalue weighted by molar-refractivity contribution is 6.31. The van der Waals surface area contributed by atoms with E-state index < -0.39 is 53.8 Å². The minimum atomic E-state index is -0.900. The molecule has 0 amide bonds. The van der Waals surface area contributed by atoms with Crippen LogP contribution in [0.25, 0.3) is 0 Å². The van der Waals surface area contributed by atoms with Gasteiger partial charge in [-0.2, -0.15) is 0 Å². The van der Waals surface area contributed by atoms with Crippen LogP contribution in [-0.4, -0.2) is 58.8 Å². The van der Waals surface area contributed by atoms with Gasteiger partial charge in [0.25, 0.3) is 0 Å². The Bertz CT molecular complexity index is 1260. The lowest BCUT2D eigenvalue weighted by Crippen LogP contribution is -2.34. The topological polar surface area (TPSA) is 140 Å². The lowest BCUT2D eigenvalue weighted by atomic mass is 9.73. The molecule has 3 N–H and O–H groups in total. The molecule has 36 heavy (non-hydrogen) atoms. The first-order chi connectivity index (χ1) is 17.3. The number of Topliss-reactive ketones (excluding diaryl/α,β-unsaturated/α-hetero) is 1. The van der Waals surface area contributed by atoms with Gasteiger partial charge in [0.05, 0.1) is 36.0 Å². The summed E-state index contributed by atoms with van der Waals surface area (Å²) in [4.78, 5) is 39.5. The summed E-state index contributed by atoms with van der Waals surface area (Å²) in [6.07, 6.45) is 0.918. The lowest BCUT2D eigenvalue weighted by Gasteiger charge is -2.37. The number of benzene rings is 2. The molecule has 1 unspecified atom stereocenters. The minimum Gasteiger partial charge on any atom is -0.507 e. The molecule has 2 aromatic rings. The van der Waals surface area contributed by atoms with Crippen LogP contribution in [0.3, 0.4) is 0 Å². The monoisotopic (exact) mass is 496 g/mol. The molecule has 2 aromatic carbocycles. The van der Waals surface area contributed by atoms with E-state index in [1.165, 1.54) is 13.2 Å². The summed E-state index contributed by atoms with van der Waals surface area (Å²) in [6, 6.07) is 4.57. The van der Waals surface area contributed by atoms with E-state index in [2.05, 4.69) is 0 Å². The molecule has 0 spiro atoms. The Morgan fingerprint density at radius 3 is 2.53 bits per heavy atom. The number of aliphatic hydroxyl groups is 1. The molecule has 9 nitrogen and oxygen atoms in total. The molecular formula is C27H28O9. The van der Waals surface area contributed by atoms with E-state index >= 15 is 0 Å². The summed E-state index contributed by atoms with van der Waals surface area (Å²) >= 11 is 0. The number of carbonyl (C=O) groups excluding carboxylic acids is 3. The third-order valence-corrected chi connectivity index (χ3v) is 7.39. The molecule has 5 rings (SSSR count).